The van der Waals surface area contributed by atoms with Crippen LogP contribution >= 0.6 is 22.9 Å². The predicted molar refractivity (Wildman–Crippen MR) is 119 cm³/mol. The quantitative estimate of drug-likeness (QED) is 0.424. The van der Waals surface area contributed by atoms with Gasteiger partial charge in [-0.3, -0.25) is 4.79 Å². The molecule has 0 radical (unpaired) electrons. The van der Waals surface area contributed by atoms with Gasteiger partial charge in [-0.2, -0.15) is 0 Å². The second kappa shape index (κ2) is 11.1. The van der Waals surface area contributed by atoms with E-state index in [1.165, 1.54) is 17.4 Å². The van der Waals surface area contributed by atoms with Gasteiger partial charge >= 0.3 is 0 Å². The number of hydrogen-bond donors (Lipinski definition) is 1. The molecule has 1 atom stereocenters. The van der Waals surface area contributed by atoms with Crippen LogP contribution in [0.3, 0.4) is 0 Å². The van der Waals surface area contributed by atoms with E-state index >= 15 is 0 Å². The molecule has 0 saturated heterocycles. The maximum Gasteiger partial charge on any atom is 0.221 e. The molecule has 1 N–H and O–H groups in total. The molecule has 2 heterocycles. The zero-order chi connectivity index (χ0) is 20.5. The highest BCUT2D eigenvalue weighted by atomic mass is 35.5. The Hall–Kier alpha value is -2.15. The molecule has 0 spiro atoms. The Labute approximate surface area is 180 Å². The minimum Gasteiger partial charge on any atom is -0.376 e. The molecule has 1 amide bonds. The third-order valence-corrected chi connectivity index (χ3v) is 5.84. The van der Waals surface area contributed by atoms with Crippen molar-refractivity contribution in [1.82, 2.24) is 9.55 Å². The van der Waals surface area contributed by atoms with Crippen molar-refractivity contribution in [2.75, 3.05) is 11.9 Å². The van der Waals surface area contributed by atoms with Crippen molar-refractivity contribution in [3.05, 3.63) is 69.9 Å². The summed E-state index contributed by atoms with van der Waals surface area (Å²) >= 11 is 7.67. The lowest BCUT2D eigenvalue weighted by molar-refractivity contribution is -0.114. The van der Waals surface area contributed by atoms with Crippen molar-refractivity contribution in [1.29, 1.82) is 0 Å². The number of imidazole rings is 1. The number of amides is 1. The SMILES string of the molecule is CC(=O)Nc1ccc(CCCOC(CCc2ccc(Cl)s2)Cn2ccnc2)cc1. The minimum absolute atomic E-state index is 0.0556. The summed E-state index contributed by atoms with van der Waals surface area (Å²) in [4.78, 5) is 16.5. The molecule has 154 valence electrons. The highest BCUT2D eigenvalue weighted by Gasteiger charge is 2.11. The summed E-state index contributed by atoms with van der Waals surface area (Å²) in [5.74, 6) is -0.0556. The van der Waals surface area contributed by atoms with E-state index < -0.39 is 0 Å². The number of aromatic nitrogens is 2. The number of anilines is 1. The van der Waals surface area contributed by atoms with E-state index in [4.69, 9.17) is 16.3 Å². The number of hydrogen-bond acceptors (Lipinski definition) is 4. The van der Waals surface area contributed by atoms with Gasteiger partial charge in [0.2, 0.25) is 5.91 Å². The molecular weight excluding hydrogens is 406 g/mol. The predicted octanol–water partition coefficient (Wildman–Crippen LogP) is 5.21. The number of ether oxygens (including phenoxy) is 1. The number of carbonyl (C=O) groups excluding carboxylic acids is 1. The lowest BCUT2D eigenvalue weighted by atomic mass is 10.1. The van der Waals surface area contributed by atoms with Gasteiger partial charge in [0, 0.05) is 43.0 Å². The standard InChI is InChI=1S/C22H26ClN3O2S/c1-17(27)25-19-6-4-18(5-7-19)3-2-14-28-20(15-26-13-12-24-16-26)8-9-21-10-11-22(23)29-21/h4-7,10-13,16,20H,2-3,8-9,14-15H2,1H3,(H,25,27). The lowest BCUT2D eigenvalue weighted by Crippen LogP contribution is -2.21. The Bertz CT molecular complexity index is 878. The van der Waals surface area contributed by atoms with Gasteiger partial charge in [-0.15, -0.1) is 11.3 Å². The van der Waals surface area contributed by atoms with Crippen LogP contribution < -0.4 is 5.32 Å². The van der Waals surface area contributed by atoms with Crippen LogP contribution in [0.25, 0.3) is 0 Å². The normalized spacial score (nSPS) is 12.1. The third kappa shape index (κ3) is 7.65. The largest absolute Gasteiger partial charge is 0.376 e. The number of benzene rings is 1. The molecule has 3 aromatic rings. The smallest absolute Gasteiger partial charge is 0.221 e. The maximum atomic E-state index is 11.1. The van der Waals surface area contributed by atoms with Gasteiger partial charge in [0.1, 0.15) is 0 Å². The number of thiophene rings is 1. The zero-order valence-corrected chi connectivity index (χ0v) is 18.1. The summed E-state index contributed by atoms with van der Waals surface area (Å²) < 4.78 is 9.10. The fourth-order valence-corrected chi connectivity index (χ4v) is 4.23. The van der Waals surface area contributed by atoms with E-state index in [0.29, 0.717) is 6.61 Å². The van der Waals surface area contributed by atoms with Gasteiger partial charge in [-0.25, -0.2) is 4.98 Å². The van der Waals surface area contributed by atoms with Gasteiger partial charge in [0.25, 0.3) is 0 Å². The van der Waals surface area contributed by atoms with Crippen LogP contribution in [0, 0.1) is 0 Å². The highest BCUT2D eigenvalue weighted by Crippen LogP contribution is 2.23. The first-order valence-electron chi connectivity index (χ1n) is 9.76. The molecular formula is C22H26ClN3O2S. The molecule has 2 aromatic heterocycles. The first-order valence-corrected chi connectivity index (χ1v) is 11.0. The van der Waals surface area contributed by atoms with Crippen LogP contribution in [0.2, 0.25) is 4.34 Å². The maximum absolute atomic E-state index is 11.1. The molecule has 0 aliphatic carbocycles. The molecule has 3 rings (SSSR count). The fraction of sp³-hybridized carbons (Fsp3) is 0.364. The summed E-state index contributed by atoms with van der Waals surface area (Å²) in [6.07, 6.45) is 9.52. The van der Waals surface area contributed by atoms with Crippen molar-refractivity contribution < 1.29 is 9.53 Å². The minimum atomic E-state index is -0.0556. The average molecular weight is 432 g/mol. The van der Waals surface area contributed by atoms with E-state index in [9.17, 15) is 4.79 Å². The van der Waals surface area contributed by atoms with Crippen LogP contribution in [0.1, 0.15) is 30.2 Å². The van der Waals surface area contributed by atoms with E-state index in [-0.39, 0.29) is 12.0 Å². The van der Waals surface area contributed by atoms with E-state index in [2.05, 4.69) is 33.1 Å². The van der Waals surface area contributed by atoms with Crippen molar-refractivity contribution >= 4 is 34.5 Å². The van der Waals surface area contributed by atoms with Gasteiger partial charge in [0.05, 0.1) is 16.8 Å². The molecule has 29 heavy (non-hydrogen) atoms. The number of aryl methyl sites for hydroxylation is 2. The Kier molecular flexibility index (Phi) is 8.28. The molecule has 0 fully saturated rings. The van der Waals surface area contributed by atoms with Crippen LogP contribution in [-0.2, 0) is 28.9 Å². The van der Waals surface area contributed by atoms with Gasteiger partial charge < -0.3 is 14.6 Å². The van der Waals surface area contributed by atoms with E-state index in [1.807, 2.05) is 30.7 Å². The number of carbonyl (C=O) groups is 1. The molecule has 1 aromatic carbocycles. The molecule has 0 saturated carbocycles. The monoisotopic (exact) mass is 431 g/mol. The second-order valence-corrected chi connectivity index (χ2v) is 8.78. The Morgan fingerprint density at radius 3 is 2.72 bits per heavy atom. The fourth-order valence-electron chi connectivity index (χ4n) is 3.13. The number of nitrogens with one attached hydrogen (secondary N) is 1. The van der Waals surface area contributed by atoms with Crippen LogP contribution in [-0.4, -0.2) is 28.2 Å². The molecule has 5 nitrogen and oxygen atoms in total. The zero-order valence-electron chi connectivity index (χ0n) is 16.5. The summed E-state index contributed by atoms with van der Waals surface area (Å²) in [5.41, 5.74) is 2.06. The molecule has 0 aliphatic heterocycles. The summed E-state index contributed by atoms with van der Waals surface area (Å²) in [7, 11) is 0. The Morgan fingerprint density at radius 1 is 1.24 bits per heavy atom. The lowest BCUT2D eigenvalue weighted by Gasteiger charge is -2.18. The Morgan fingerprint density at radius 2 is 2.07 bits per heavy atom. The highest BCUT2D eigenvalue weighted by molar-refractivity contribution is 7.16. The topological polar surface area (TPSA) is 56.1 Å². The summed E-state index contributed by atoms with van der Waals surface area (Å²) in [6.45, 7) is 3.01. The number of nitrogens with zero attached hydrogens (tertiary/aromatic N) is 2. The van der Waals surface area contributed by atoms with Crippen molar-refractivity contribution in [3.63, 3.8) is 0 Å². The van der Waals surface area contributed by atoms with Crippen molar-refractivity contribution in [2.24, 2.45) is 0 Å². The third-order valence-electron chi connectivity index (χ3n) is 4.55. The molecule has 1 unspecified atom stereocenters. The van der Waals surface area contributed by atoms with Crippen LogP contribution in [0.5, 0.6) is 0 Å². The second-order valence-electron chi connectivity index (χ2n) is 6.98. The first-order chi connectivity index (χ1) is 14.1. The average Bonchev–Trinajstić information content (AvgIpc) is 3.35. The summed E-state index contributed by atoms with van der Waals surface area (Å²) in [5, 5.41) is 2.79. The van der Waals surface area contributed by atoms with Crippen molar-refractivity contribution in [3.8, 4) is 0 Å². The first kappa shape index (κ1) is 21.6. The van der Waals surface area contributed by atoms with Crippen molar-refractivity contribution in [2.45, 2.75) is 45.3 Å². The van der Waals surface area contributed by atoms with Crippen LogP contribution in [0.15, 0.2) is 55.1 Å². The number of halogens is 1. The van der Waals surface area contributed by atoms with Crippen LogP contribution in [0.4, 0.5) is 5.69 Å². The molecule has 7 heteroatoms. The van der Waals surface area contributed by atoms with Gasteiger partial charge in [-0.05, 0) is 55.5 Å². The molecule has 0 bridgehead atoms. The van der Waals surface area contributed by atoms with Gasteiger partial charge in [-0.1, -0.05) is 23.7 Å². The summed E-state index contributed by atoms with van der Waals surface area (Å²) in [6, 6.07) is 12.0. The van der Waals surface area contributed by atoms with E-state index in [0.717, 1.165) is 42.3 Å². The Balaban J connectivity index is 1.45. The van der Waals surface area contributed by atoms with E-state index in [1.54, 1.807) is 17.5 Å². The number of rotatable bonds is 11. The van der Waals surface area contributed by atoms with Gasteiger partial charge in [0.15, 0.2) is 0 Å². The molecule has 0 aliphatic rings.